The zero-order valence-electron chi connectivity index (χ0n) is 33.5. The highest BCUT2D eigenvalue weighted by molar-refractivity contribution is 5.93. The standard InChI is InChI=1S/C50H46O10/c1-4-48(51)58-30-8-6-28-55-43-22-16-37(17-23-43)11-10-32-57-45-26-27-47(46(35-45)50(53)54-3)60-36-40-15-21-41-33-39(14-20-42(41)34-40)13-12-38-18-24-44(25-19-38)56-29-7-9-31-59-49(52)5-2/h4-5,14-27,33-35H,1-2,6-9,28-32,36H2,3H3. The van der Waals surface area contributed by atoms with Gasteiger partial charge in [0.1, 0.15) is 41.8 Å². The Kier molecular flexibility index (Phi) is 17.3. The second kappa shape index (κ2) is 23.7. The van der Waals surface area contributed by atoms with E-state index in [-0.39, 0.29) is 18.8 Å². The summed E-state index contributed by atoms with van der Waals surface area (Å²) in [5, 5.41) is 2.06. The molecule has 0 aromatic heterocycles. The van der Waals surface area contributed by atoms with Crippen molar-refractivity contribution >= 4 is 28.7 Å². The predicted molar refractivity (Wildman–Crippen MR) is 229 cm³/mol. The van der Waals surface area contributed by atoms with Crippen molar-refractivity contribution in [3.05, 3.63) is 156 Å². The minimum Gasteiger partial charge on any atom is -0.494 e. The fourth-order valence-corrected chi connectivity index (χ4v) is 5.54. The van der Waals surface area contributed by atoms with E-state index < -0.39 is 17.9 Å². The van der Waals surface area contributed by atoms with Crippen LogP contribution < -0.4 is 18.9 Å². The molecule has 0 heterocycles. The van der Waals surface area contributed by atoms with E-state index in [1.54, 1.807) is 18.2 Å². The highest BCUT2D eigenvalue weighted by atomic mass is 16.5. The van der Waals surface area contributed by atoms with E-state index in [1.807, 2.05) is 84.9 Å². The SMILES string of the molecule is C=CC(=O)OCCCCOc1ccc(C#CCOc2ccc(OCc3ccc4cc(C#Cc5ccc(OCCCCOC(=O)C=C)cc5)ccc4c3)c(C(=O)OC)c2)cc1. The van der Waals surface area contributed by atoms with Gasteiger partial charge in [0.05, 0.1) is 33.5 Å². The van der Waals surface area contributed by atoms with Crippen LogP contribution in [0.4, 0.5) is 0 Å². The monoisotopic (exact) mass is 806 g/mol. The van der Waals surface area contributed by atoms with E-state index in [1.165, 1.54) is 7.11 Å². The third-order valence-corrected chi connectivity index (χ3v) is 8.70. The van der Waals surface area contributed by atoms with Crippen LogP contribution in [0, 0.1) is 23.7 Å². The van der Waals surface area contributed by atoms with Gasteiger partial charge in [0.15, 0.2) is 0 Å². The van der Waals surface area contributed by atoms with E-state index >= 15 is 0 Å². The molecule has 5 aromatic rings. The molecule has 5 aromatic carbocycles. The van der Waals surface area contributed by atoms with E-state index in [2.05, 4.69) is 36.8 Å². The third-order valence-electron chi connectivity index (χ3n) is 8.70. The average molecular weight is 807 g/mol. The number of hydrogen-bond acceptors (Lipinski definition) is 10. The van der Waals surface area contributed by atoms with Gasteiger partial charge in [-0.05, 0) is 127 Å². The zero-order chi connectivity index (χ0) is 42.4. The number of hydrogen-bond donors (Lipinski definition) is 0. The normalized spacial score (nSPS) is 10.2. The molecule has 0 unspecified atom stereocenters. The molecule has 0 aliphatic carbocycles. The molecule has 10 nitrogen and oxygen atoms in total. The van der Waals surface area contributed by atoms with Crippen LogP contribution in [0.15, 0.2) is 128 Å². The summed E-state index contributed by atoms with van der Waals surface area (Å²) in [7, 11) is 1.32. The number of benzene rings is 5. The first-order chi connectivity index (χ1) is 29.3. The zero-order valence-corrected chi connectivity index (χ0v) is 33.5. The Bertz CT molecular complexity index is 2370. The molecular formula is C50H46O10. The summed E-state index contributed by atoms with van der Waals surface area (Å²) in [6.45, 7) is 8.78. The van der Waals surface area contributed by atoms with E-state index in [0.29, 0.717) is 50.8 Å². The van der Waals surface area contributed by atoms with Gasteiger partial charge in [-0.15, -0.1) is 0 Å². The van der Waals surface area contributed by atoms with Crippen LogP contribution in [0.3, 0.4) is 0 Å². The van der Waals surface area contributed by atoms with Crippen LogP contribution >= 0.6 is 0 Å². The number of carbonyl (C=O) groups is 3. The second-order valence-electron chi connectivity index (χ2n) is 13.1. The lowest BCUT2D eigenvalue weighted by Gasteiger charge is -2.12. The molecule has 0 aliphatic heterocycles. The van der Waals surface area contributed by atoms with Crippen molar-refractivity contribution in [1.29, 1.82) is 0 Å². The third kappa shape index (κ3) is 14.5. The molecule has 0 fully saturated rings. The molecule has 0 atom stereocenters. The molecule has 0 saturated carbocycles. The van der Waals surface area contributed by atoms with Crippen molar-refractivity contribution < 1.29 is 47.5 Å². The minimum atomic E-state index is -0.547. The quantitative estimate of drug-likeness (QED) is 0.0249. The highest BCUT2D eigenvalue weighted by Gasteiger charge is 2.15. The van der Waals surface area contributed by atoms with Crippen molar-refractivity contribution in [2.75, 3.05) is 40.1 Å². The maximum atomic E-state index is 12.7. The first-order valence-corrected chi connectivity index (χ1v) is 19.4. The fraction of sp³-hybridized carbons (Fsp3) is 0.220. The summed E-state index contributed by atoms with van der Waals surface area (Å²) in [6.07, 6.45) is 5.22. The predicted octanol–water partition coefficient (Wildman–Crippen LogP) is 8.81. The van der Waals surface area contributed by atoms with Crippen LogP contribution in [-0.4, -0.2) is 58.1 Å². The molecule has 0 spiro atoms. The summed E-state index contributed by atoms with van der Waals surface area (Å²) in [6, 6.07) is 32.1. The summed E-state index contributed by atoms with van der Waals surface area (Å²) in [5.74, 6) is 13.4. The number of esters is 3. The van der Waals surface area contributed by atoms with Crippen molar-refractivity contribution in [2.24, 2.45) is 0 Å². The summed E-state index contributed by atoms with van der Waals surface area (Å²) >= 11 is 0. The minimum absolute atomic E-state index is 0.101. The van der Waals surface area contributed by atoms with Crippen LogP contribution in [-0.2, 0) is 30.4 Å². The smallest absolute Gasteiger partial charge is 0.341 e. The molecule has 0 radical (unpaired) electrons. The van der Waals surface area contributed by atoms with Gasteiger partial charge in [-0.25, -0.2) is 14.4 Å². The maximum absolute atomic E-state index is 12.7. The molecule has 60 heavy (non-hydrogen) atoms. The van der Waals surface area contributed by atoms with Gasteiger partial charge in [-0.2, -0.15) is 0 Å². The van der Waals surface area contributed by atoms with E-state index in [9.17, 15) is 14.4 Å². The summed E-state index contributed by atoms with van der Waals surface area (Å²) in [4.78, 5) is 34.9. The average Bonchev–Trinajstić information content (AvgIpc) is 3.29. The first kappa shape index (κ1) is 43.7. The number of methoxy groups -OCH3 is 1. The topological polar surface area (TPSA) is 116 Å². The summed E-state index contributed by atoms with van der Waals surface area (Å²) in [5.41, 5.74) is 3.71. The van der Waals surface area contributed by atoms with Gasteiger partial charge in [-0.3, -0.25) is 0 Å². The molecule has 0 aliphatic rings. The number of rotatable bonds is 20. The lowest BCUT2D eigenvalue weighted by Crippen LogP contribution is -2.07. The Hall–Kier alpha value is -7.43. The molecule has 306 valence electrons. The molecule has 0 N–H and O–H groups in total. The Labute approximate surface area is 350 Å². The Morgan fingerprint density at radius 3 is 1.70 bits per heavy atom. The highest BCUT2D eigenvalue weighted by Crippen LogP contribution is 2.27. The Morgan fingerprint density at radius 1 is 0.550 bits per heavy atom. The van der Waals surface area contributed by atoms with Crippen LogP contribution in [0.5, 0.6) is 23.0 Å². The fourth-order valence-electron chi connectivity index (χ4n) is 5.54. The second-order valence-corrected chi connectivity index (χ2v) is 13.1. The van der Waals surface area contributed by atoms with Gasteiger partial charge < -0.3 is 33.2 Å². The molecule has 5 rings (SSSR count). The van der Waals surface area contributed by atoms with Crippen LogP contribution in [0.2, 0.25) is 0 Å². The van der Waals surface area contributed by atoms with Crippen molar-refractivity contribution in [1.82, 2.24) is 0 Å². The molecule has 0 amide bonds. The lowest BCUT2D eigenvalue weighted by atomic mass is 10.0. The van der Waals surface area contributed by atoms with Gasteiger partial charge in [0, 0.05) is 28.8 Å². The molecule has 0 saturated heterocycles. The van der Waals surface area contributed by atoms with Crippen LogP contribution in [0.25, 0.3) is 10.8 Å². The van der Waals surface area contributed by atoms with Gasteiger partial charge in [-0.1, -0.05) is 55.0 Å². The van der Waals surface area contributed by atoms with Crippen molar-refractivity contribution in [3.8, 4) is 46.7 Å². The Morgan fingerprint density at radius 2 is 1.08 bits per heavy atom. The Balaban J connectivity index is 1.08. The molecule has 10 heteroatoms. The van der Waals surface area contributed by atoms with Gasteiger partial charge in [0.2, 0.25) is 0 Å². The van der Waals surface area contributed by atoms with Crippen molar-refractivity contribution in [2.45, 2.75) is 32.3 Å². The summed E-state index contributed by atoms with van der Waals surface area (Å²) < 4.78 is 38.4. The van der Waals surface area contributed by atoms with E-state index in [4.69, 9.17) is 33.2 Å². The number of unbranched alkanes of at least 4 members (excludes halogenated alkanes) is 2. The number of fused-ring (bicyclic) bond motifs is 1. The van der Waals surface area contributed by atoms with Crippen LogP contribution in [0.1, 0.15) is 58.3 Å². The molecular weight excluding hydrogens is 761 g/mol. The largest absolute Gasteiger partial charge is 0.494 e. The number of ether oxygens (including phenoxy) is 7. The van der Waals surface area contributed by atoms with Gasteiger partial charge in [0.25, 0.3) is 0 Å². The maximum Gasteiger partial charge on any atom is 0.341 e. The lowest BCUT2D eigenvalue weighted by molar-refractivity contribution is -0.138. The van der Waals surface area contributed by atoms with Crippen molar-refractivity contribution in [3.63, 3.8) is 0 Å². The molecule has 0 bridgehead atoms. The first-order valence-electron chi connectivity index (χ1n) is 19.4. The number of carbonyl (C=O) groups excluding carboxylic acids is 3. The van der Waals surface area contributed by atoms with E-state index in [0.717, 1.165) is 69.5 Å². The van der Waals surface area contributed by atoms with Gasteiger partial charge >= 0.3 is 17.9 Å².